The predicted octanol–water partition coefficient (Wildman–Crippen LogP) is 2.85. The summed E-state index contributed by atoms with van der Waals surface area (Å²) in [6, 6.07) is 18.3. The highest BCUT2D eigenvalue weighted by Gasteiger charge is 2.08. The summed E-state index contributed by atoms with van der Waals surface area (Å²) in [6.45, 7) is 1.90. The molecule has 2 aromatic rings. The lowest BCUT2D eigenvalue weighted by Crippen LogP contribution is -2.38. The van der Waals surface area contributed by atoms with Crippen LogP contribution in [0.3, 0.4) is 0 Å². The van der Waals surface area contributed by atoms with Gasteiger partial charge in [-0.3, -0.25) is 5.32 Å². The van der Waals surface area contributed by atoms with Crippen molar-refractivity contribution >= 4 is 12.1 Å². The second-order valence-electron chi connectivity index (χ2n) is 4.43. The maximum absolute atomic E-state index is 11.6. The quantitative estimate of drug-likeness (QED) is 0.671. The Balaban J connectivity index is 1.93. The van der Waals surface area contributed by atoms with Gasteiger partial charge in [0.25, 0.3) is 0 Å². The third-order valence-electron chi connectivity index (χ3n) is 2.80. The molecule has 21 heavy (non-hydrogen) atoms. The van der Waals surface area contributed by atoms with Gasteiger partial charge in [-0.1, -0.05) is 48.5 Å². The van der Waals surface area contributed by atoms with E-state index in [9.17, 15) is 4.79 Å². The second kappa shape index (κ2) is 7.09. The minimum absolute atomic E-state index is 0.0206. The number of benzene rings is 2. The number of rotatable bonds is 3. The van der Waals surface area contributed by atoms with E-state index in [4.69, 9.17) is 10.5 Å². The van der Waals surface area contributed by atoms with Crippen molar-refractivity contribution in [3.63, 3.8) is 0 Å². The van der Waals surface area contributed by atoms with Crippen LogP contribution in [0.25, 0.3) is 0 Å². The summed E-state index contributed by atoms with van der Waals surface area (Å²) in [5, 5.41) is 2.40. The maximum atomic E-state index is 11.6. The molecule has 0 heterocycles. The van der Waals surface area contributed by atoms with Gasteiger partial charge in [0, 0.05) is 0 Å². The molecule has 0 aliphatic rings. The lowest BCUT2D eigenvalue weighted by Gasteiger charge is -2.09. The predicted molar refractivity (Wildman–Crippen MR) is 82.1 cm³/mol. The summed E-state index contributed by atoms with van der Waals surface area (Å²) < 4.78 is 5.06. The third kappa shape index (κ3) is 4.65. The molecule has 0 aromatic heterocycles. The Kier molecular flexibility index (Phi) is 4.93. The number of para-hydroxylation sites is 1. The van der Waals surface area contributed by atoms with Gasteiger partial charge in [0.1, 0.15) is 5.75 Å². The van der Waals surface area contributed by atoms with Gasteiger partial charge in [-0.15, -0.1) is 0 Å². The Morgan fingerprint density at radius 1 is 1.10 bits per heavy atom. The summed E-state index contributed by atoms with van der Waals surface area (Å²) in [5.41, 5.74) is 6.72. The Morgan fingerprint density at radius 3 is 2.29 bits per heavy atom. The van der Waals surface area contributed by atoms with E-state index in [1.54, 1.807) is 24.3 Å². The number of hydrogen-bond donors (Lipinski definition) is 2. The first-order valence-corrected chi connectivity index (χ1v) is 6.57. The van der Waals surface area contributed by atoms with Crippen LogP contribution in [0.2, 0.25) is 0 Å². The van der Waals surface area contributed by atoms with Crippen LogP contribution >= 0.6 is 0 Å². The Morgan fingerprint density at radius 2 is 1.67 bits per heavy atom. The van der Waals surface area contributed by atoms with Crippen LogP contribution in [-0.4, -0.2) is 12.1 Å². The Hall–Kier alpha value is -2.82. The number of nitrogens with one attached hydrogen (secondary N) is 1. The van der Waals surface area contributed by atoms with Gasteiger partial charge in [0.05, 0.1) is 6.04 Å². The van der Waals surface area contributed by atoms with E-state index >= 15 is 0 Å². The standard InChI is InChI=1S/C16H17N3O2/c1-12(13-8-4-2-5-9-13)18-15(17)19-16(20)21-14-10-6-3-7-11-14/h2-12H,1H3,(H3,17,18,19,20)/t12-/m1/s1. The summed E-state index contributed by atoms with van der Waals surface area (Å²) in [7, 11) is 0. The highest BCUT2D eigenvalue weighted by molar-refractivity contribution is 5.93. The van der Waals surface area contributed by atoms with E-state index in [0.717, 1.165) is 5.56 Å². The van der Waals surface area contributed by atoms with Crippen molar-refractivity contribution in [2.45, 2.75) is 13.0 Å². The summed E-state index contributed by atoms with van der Waals surface area (Å²) in [6.07, 6.45) is -0.664. The average Bonchev–Trinajstić information content (AvgIpc) is 2.48. The van der Waals surface area contributed by atoms with Gasteiger partial charge >= 0.3 is 6.09 Å². The van der Waals surface area contributed by atoms with Gasteiger partial charge in [0.15, 0.2) is 5.96 Å². The van der Waals surface area contributed by atoms with Crippen LogP contribution in [0.1, 0.15) is 18.5 Å². The van der Waals surface area contributed by atoms with Gasteiger partial charge in [-0.25, -0.2) is 9.79 Å². The first kappa shape index (κ1) is 14.6. The van der Waals surface area contributed by atoms with Gasteiger partial charge < -0.3 is 10.5 Å². The first-order valence-electron chi connectivity index (χ1n) is 6.57. The van der Waals surface area contributed by atoms with E-state index in [1.165, 1.54) is 0 Å². The highest BCUT2D eigenvalue weighted by Crippen LogP contribution is 2.15. The van der Waals surface area contributed by atoms with Crippen LogP contribution in [0.4, 0.5) is 4.79 Å². The molecule has 0 unspecified atom stereocenters. The number of aliphatic imine (C=N–C) groups is 1. The largest absolute Gasteiger partial charge is 0.419 e. The van der Waals surface area contributed by atoms with Crippen LogP contribution in [0, 0.1) is 0 Å². The molecular formula is C16H17N3O2. The molecule has 0 spiro atoms. The van der Waals surface area contributed by atoms with E-state index in [1.807, 2.05) is 43.3 Å². The molecule has 0 saturated heterocycles. The molecule has 0 saturated carbocycles. The molecule has 1 atom stereocenters. The zero-order chi connectivity index (χ0) is 15.1. The minimum Gasteiger partial charge on any atom is -0.410 e. The molecule has 5 nitrogen and oxygen atoms in total. The smallest absolute Gasteiger partial charge is 0.410 e. The van der Waals surface area contributed by atoms with Crippen molar-refractivity contribution in [2.24, 2.45) is 10.7 Å². The van der Waals surface area contributed by atoms with Crippen molar-refractivity contribution in [1.29, 1.82) is 0 Å². The SMILES string of the molecule is C[C@@H](N=C(N)NC(=O)Oc1ccccc1)c1ccccc1. The van der Waals surface area contributed by atoms with Gasteiger partial charge in [-0.05, 0) is 24.6 Å². The number of hydrogen-bond acceptors (Lipinski definition) is 3. The van der Waals surface area contributed by atoms with Crippen molar-refractivity contribution in [3.05, 3.63) is 66.2 Å². The summed E-state index contributed by atoms with van der Waals surface area (Å²) >= 11 is 0. The Labute approximate surface area is 123 Å². The average molecular weight is 283 g/mol. The zero-order valence-electron chi connectivity index (χ0n) is 11.7. The van der Waals surface area contributed by atoms with E-state index in [0.29, 0.717) is 5.75 Å². The number of nitrogens with two attached hydrogens (primary N) is 1. The van der Waals surface area contributed by atoms with Crippen LogP contribution < -0.4 is 15.8 Å². The number of carbonyl (C=O) groups is 1. The molecule has 1 amide bonds. The molecule has 0 bridgehead atoms. The lowest BCUT2D eigenvalue weighted by atomic mass is 10.1. The maximum Gasteiger partial charge on any atom is 0.419 e. The number of ether oxygens (including phenoxy) is 1. The summed E-state index contributed by atoms with van der Waals surface area (Å²) in [5.74, 6) is 0.464. The molecule has 0 aliphatic heterocycles. The van der Waals surface area contributed by atoms with Crippen molar-refractivity contribution in [2.75, 3.05) is 0 Å². The normalized spacial score (nSPS) is 12.5. The monoisotopic (exact) mass is 283 g/mol. The Bertz CT molecular complexity index is 612. The van der Waals surface area contributed by atoms with Crippen molar-refractivity contribution in [3.8, 4) is 5.75 Å². The molecule has 5 heteroatoms. The van der Waals surface area contributed by atoms with Crippen molar-refractivity contribution < 1.29 is 9.53 Å². The summed E-state index contributed by atoms with van der Waals surface area (Å²) in [4.78, 5) is 15.9. The number of nitrogens with zero attached hydrogens (tertiary/aromatic N) is 1. The number of carbonyl (C=O) groups excluding carboxylic acids is 1. The zero-order valence-corrected chi connectivity index (χ0v) is 11.7. The van der Waals surface area contributed by atoms with Crippen molar-refractivity contribution in [1.82, 2.24) is 5.32 Å². The van der Waals surface area contributed by atoms with Gasteiger partial charge in [-0.2, -0.15) is 0 Å². The van der Waals surface area contributed by atoms with E-state index < -0.39 is 6.09 Å². The number of guanidine groups is 1. The molecule has 108 valence electrons. The fourth-order valence-corrected chi connectivity index (χ4v) is 1.77. The third-order valence-corrected chi connectivity index (χ3v) is 2.80. The molecule has 3 N–H and O–H groups in total. The van der Waals surface area contributed by atoms with Gasteiger partial charge in [0.2, 0.25) is 0 Å². The minimum atomic E-state index is -0.664. The highest BCUT2D eigenvalue weighted by atomic mass is 16.6. The fraction of sp³-hybridized carbons (Fsp3) is 0.125. The number of amides is 1. The molecule has 2 rings (SSSR count). The fourth-order valence-electron chi connectivity index (χ4n) is 1.77. The molecule has 0 radical (unpaired) electrons. The van der Waals surface area contributed by atoms with E-state index in [-0.39, 0.29) is 12.0 Å². The van der Waals surface area contributed by atoms with Crippen LogP contribution in [0.5, 0.6) is 5.75 Å². The molecule has 0 aliphatic carbocycles. The van der Waals surface area contributed by atoms with E-state index in [2.05, 4.69) is 10.3 Å². The topological polar surface area (TPSA) is 76.7 Å². The van der Waals surface area contributed by atoms with Crippen LogP contribution in [-0.2, 0) is 0 Å². The van der Waals surface area contributed by atoms with Crippen LogP contribution in [0.15, 0.2) is 65.7 Å². The molecular weight excluding hydrogens is 266 g/mol. The molecule has 2 aromatic carbocycles. The lowest BCUT2D eigenvalue weighted by molar-refractivity contribution is 0.206. The first-order chi connectivity index (χ1) is 10.1. The second-order valence-corrected chi connectivity index (χ2v) is 4.43. The molecule has 0 fully saturated rings.